The average Bonchev–Trinajstić information content (AvgIpc) is 3.42. The second-order valence-corrected chi connectivity index (χ2v) is 8.48. The number of H-pyrrole nitrogens is 2. The summed E-state index contributed by atoms with van der Waals surface area (Å²) < 4.78 is 8.16. The summed E-state index contributed by atoms with van der Waals surface area (Å²) in [4.78, 5) is 30.8. The standard InChI is InChI=1S/C25H18N4O3/c1-12-18(30)8-7-15-20-23(32-22(12)15)19(17-11-26-28-24(17)27-20)16-10-14-5-2-4-13-6-3-9-29(21(13)14)25(16)31/h2,4-5,7-8,10-11H,3,6,9H2,1H3,(H2,26,27,28). The molecule has 7 rings (SSSR count). The summed E-state index contributed by atoms with van der Waals surface area (Å²) in [5.74, 6) is 0. The second-order valence-electron chi connectivity index (χ2n) is 8.48. The molecule has 0 spiro atoms. The molecule has 0 unspecified atom stereocenters. The predicted molar refractivity (Wildman–Crippen MR) is 124 cm³/mol. The zero-order chi connectivity index (χ0) is 21.6. The van der Waals surface area contributed by atoms with Gasteiger partial charge in [0.1, 0.15) is 11.1 Å². The Kier molecular flexibility index (Phi) is 3.27. The summed E-state index contributed by atoms with van der Waals surface area (Å²) in [5, 5.41) is 8.62. The molecule has 7 heteroatoms. The molecule has 0 fully saturated rings. The monoisotopic (exact) mass is 422 g/mol. The number of furan rings is 1. The van der Waals surface area contributed by atoms with Gasteiger partial charge in [0.2, 0.25) is 0 Å². The van der Waals surface area contributed by atoms with E-state index in [-0.39, 0.29) is 11.0 Å². The van der Waals surface area contributed by atoms with E-state index in [4.69, 9.17) is 9.40 Å². The van der Waals surface area contributed by atoms with Gasteiger partial charge in [0, 0.05) is 34.6 Å². The van der Waals surface area contributed by atoms with E-state index in [1.165, 1.54) is 11.6 Å². The molecule has 7 nitrogen and oxygen atoms in total. The molecule has 0 radical (unpaired) electrons. The van der Waals surface area contributed by atoms with Gasteiger partial charge in [-0.1, -0.05) is 18.2 Å². The number of rotatable bonds is 1. The zero-order valence-electron chi connectivity index (χ0n) is 17.3. The van der Waals surface area contributed by atoms with Crippen molar-refractivity contribution in [1.82, 2.24) is 19.7 Å². The first-order chi connectivity index (χ1) is 15.6. The highest BCUT2D eigenvalue weighted by molar-refractivity contribution is 6.15. The average molecular weight is 422 g/mol. The third-order valence-corrected chi connectivity index (χ3v) is 6.71. The van der Waals surface area contributed by atoms with Crippen LogP contribution < -0.4 is 11.0 Å². The number of hydrogen-bond donors (Lipinski definition) is 2. The van der Waals surface area contributed by atoms with Gasteiger partial charge in [-0.15, -0.1) is 0 Å². The maximum Gasteiger partial charge on any atom is 0.259 e. The van der Waals surface area contributed by atoms with Crippen LogP contribution in [0.2, 0.25) is 0 Å². The molecule has 0 atom stereocenters. The van der Waals surface area contributed by atoms with Crippen molar-refractivity contribution >= 4 is 44.0 Å². The molecule has 4 aromatic heterocycles. The molecule has 1 aliphatic heterocycles. The number of aryl methyl sites for hydroxylation is 3. The topological polar surface area (TPSA) is 96.7 Å². The van der Waals surface area contributed by atoms with Crippen molar-refractivity contribution in [3.8, 4) is 11.1 Å². The largest absolute Gasteiger partial charge is 0.453 e. The maximum atomic E-state index is 13.8. The minimum absolute atomic E-state index is 0.0404. The molecule has 156 valence electrons. The molecule has 0 amide bonds. The first-order valence-corrected chi connectivity index (χ1v) is 10.7. The van der Waals surface area contributed by atoms with Crippen molar-refractivity contribution in [2.45, 2.75) is 26.3 Å². The summed E-state index contributed by atoms with van der Waals surface area (Å²) in [7, 11) is 0. The van der Waals surface area contributed by atoms with Gasteiger partial charge in [-0.3, -0.25) is 14.7 Å². The van der Waals surface area contributed by atoms with E-state index in [0.717, 1.165) is 34.5 Å². The van der Waals surface area contributed by atoms with Gasteiger partial charge < -0.3 is 14.1 Å². The first kappa shape index (κ1) is 17.5. The van der Waals surface area contributed by atoms with E-state index in [2.05, 4.69) is 22.3 Å². The van der Waals surface area contributed by atoms with E-state index in [0.29, 0.717) is 45.6 Å². The van der Waals surface area contributed by atoms with Crippen molar-refractivity contribution in [3.05, 3.63) is 74.3 Å². The Morgan fingerprint density at radius 2 is 2.00 bits per heavy atom. The molecule has 2 N–H and O–H groups in total. The molecule has 0 saturated carbocycles. The normalized spacial score (nSPS) is 13.7. The molecule has 0 saturated heterocycles. The Morgan fingerprint density at radius 1 is 1.09 bits per heavy atom. The van der Waals surface area contributed by atoms with E-state index >= 15 is 0 Å². The van der Waals surface area contributed by atoms with E-state index < -0.39 is 0 Å². The van der Waals surface area contributed by atoms with E-state index in [9.17, 15) is 9.59 Å². The smallest absolute Gasteiger partial charge is 0.259 e. The number of fused-ring (bicyclic) bond motifs is 4. The quantitative estimate of drug-likeness (QED) is 0.411. The minimum atomic E-state index is -0.0836. The maximum absolute atomic E-state index is 13.8. The lowest BCUT2D eigenvalue weighted by molar-refractivity contribution is 0.616. The van der Waals surface area contributed by atoms with Gasteiger partial charge in [0.15, 0.2) is 16.7 Å². The van der Waals surface area contributed by atoms with Crippen LogP contribution in [0.1, 0.15) is 17.5 Å². The summed E-state index contributed by atoms with van der Waals surface area (Å²) in [6.45, 7) is 2.44. The Morgan fingerprint density at radius 3 is 2.91 bits per heavy atom. The Hall–Kier alpha value is -4.13. The summed E-state index contributed by atoms with van der Waals surface area (Å²) in [5.41, 5.74) is 6.20. The Balaban J connectivity index is 1.71. The van der Waals surface area contributed by atoms with Crippen LogP contribution in [-0.4, -0.2) is 19.7 Å². The van der Waals surface area contributed by atoms with Crippen molar-refractivity contribution in [2.75, 3.05) is 0 Å². The second kappa shape index (κ2) is 5.97. The lowest BCUT2D eigenvalue weighted by Crippen LogP contribution is -2.25. The number of aromatic nitrogens is 4. The number of aromatic amines is 2. The third-order valence-electron chi connectivity index (χ3n) is 6.71. The Bertz CT molecular complexity index is 1870. The van der Waals surface area contributed by atoms with Crippen LogP contribution in [0.15, 0.2) is 56.6 Å². The van der Waals surface area contributed by atoms with Crippen molar-refractivity contribution in [3.63, 3.8) is 0 Å². The summed E-state index contributed by atoms with van der Waals surface area (Å²) >= 11 is 0. The fraction of sp³-hybridized carbons (Fsp3) is 0.160. The Labute approximate surface area is 180 Å². The van der Waals surface area contributed by atoms with Gasteiger partial charge in [-0.25, -0.2) is 4.98 Å². The number of nitrogens with one attached hydrogen (secondary N) is 2. The minimum Gasteiger partial charge on any atom is -0.453 e. The SMILES string of the molecule is Cc1c(=O)ccc2c1oc1c(-c3cc4cccc5c4n(c3=O)CCC5)c3c[nH][nH]c3nc12. The van der Waals surface area contributed by atoms with Gasteiger partial charge >= 0.3 is 0 Å². The molecule has 2 aromatic carbocycles. The molecule has 1 aliphatic rings. The van der Waals surface area contributed by atoms with Crippen molar-refractivity contribution in [1.29, 1.82) is 0 Å². The number of nitrogens with zero attached hydrogens (tertiary/aromatic N) is 2. The van der Waals surface area contributed by atoms with Crippen LogP contribution in [0.5, 0.6) is 0 Å². The number of benzene rings is 2. The third kappa shape index (κ3) is 2.12. The predicted octanol–water partition coefficient (Wildman–Crippen LogP) is 4.39. The van der Waals surface area contributed by atoms with Gasteiger partial charge in [0.25, 0.3) is 5.56 Å². The number of hydrogen-bond acceptors (Lipinski definition) is 4. The number of para-hydroxylation sites is 1. The number of pyridine rings is 2. The van der Waals surface area contributed by atoms with Crippen LogP contribution in [0.4, 0.5) is 0 Å². The molecular weight excluding hydrogens is 404 g/mol. The van der Waals surface area contributed by atoms with Crippen molar-refractivity contribution in [2.24, 2.45) is 0 Å². The fourth-order valence-electron chi connectivity index (χ4n) is 5.18. The molecule has 0 bridgehead atoms. The highest BCUT2D eigenvalue weighted by atomic mass is 16.3. The molecular formula is C25H18N4O3. The van der Waals surface area contributed by atoms with E-state index in [1.54, 1.807) is 19.2 Å². The van der Waals surface area contributed by atoms with Crippen molar-refractivity contribution < 1.29 is 4.42 Å². The summed E-state index contributed by atoms with van der Waals surface area (Å²) in [6.07, 6.45) is 3.71. The van der Waals surface area contributed by atoms with Gasteiger partial charge in [-0.2, -0.15) is 0 Å². The van der Waals surface area contributed by atoms with Crippen LogP contribution in [-0.2, 0) is 13.0 Å². The van der Waals surface area contributed by atoms with Crippen LogP contribution in [0, 0.1) is 6.92 Å². The van der Waals surface area contributed by atoms with Crippen LogP contribution >= 0.6 is 0 Å². The fourth-order valence-corrected chi connectivity index (χ4v) is 5.18. The zero-order valence-corrected chi connectivity index (χ0v) is 17.3. The molecule has 0 aliphatic carbocycles. The lowest BCUT2D eigenvalue weighted by atomic mass is 9.97. The molecule has 6 aromatic rings. The highest BCUT2D eigenvalue weighted by Crippen LogP contribution is 2.39. The lowest BCUT2D eigenvalue weighted by Gasteiger charge is -2.20. The summed E-state index contributed by atoms with van der Waals surface area (Å²) in [6, 6.07) is 11.4. The molecule has 5 heterocycles. The van der Waals surface area contributed by atoms with E-state index in [1.807, 2.05) is 16.7 Å². The van der Waals surface area contributed by atoms with Gasteiger partial charge in [0.05, 0.1) is 11.1 Å². The van der Waals surface area contributed by atoms with Gasteiger partial charge in [-0.05, 0) is 48.9 Å². The molecule has 32 heavy (non-hydrogen) atoms. The van der Waals surface area contributed by atoms with Crippen LogP contribution in [0.25, 0.3) is 55.1 Å². The highest BCUT2D eigenvalue weighted by Gasteiger charge is 2.24. The first-order valence-electron chi connectivity index (χ1n) is 10.7. The van der Waals surface area contributed by atoms with Crippen LogP contribution in [0.3, 0.4) is 0 Å².